The minimum absolute atomic E-state index is 0.0153. The zero-order valence-corrected chi connectivity index (χ0v) is 17.8. The smallest absolute Gasteiger partial charge is 0.222 e. The normalized spacial score (nSPS) is 34.7. The van der Waals surface area contributed by atoms with Crippen molar-refractivity contribution in [2.24, 2.45) is 22.7 Å². The maximum atomic E-state index is 13.9. The number of carbonyl (C=O) groups excluding carboxylic acids is 1. The standard InChI is InChI=1S/C23H32FNO4/c1-22(2)15-12-16-20(14-5-6-17(24)18(11-14)28-4)29-10-8-23(16,13-15)21(22)25-19(26)7-9-27-3/h5-6,11,15-16,20-21H,7-10,12-13H2,1-4H3,(H,25,26)/t15-,16-,20-,21+,23?/m1/s1. The number of benzene rings is 1. The van der Waals surface area contributed by atoms with E-state index in [1.165, 1.54) is 13.2 Å². The molecule has 6 heteroatoms. The van der Waals surface area contributed by atoms with Crippen molar-refractivity contribution in [2.45, 2.75) is 51.7 Å². The van der Waals surface area contributed by atoms with Gasteiger partial charge in [-0.3, -0.25) is 4.79 Å². The van der Waals surface area contributed by atoms with Gasteiger partial charge in [-0.1, -0.05) is 19.9 Å². The van der Waals surface area contributed by atoms with Crippen LogP contribution in [0.2, 0.25) is 0 Å². The van der Waals surface area contributed by atoms with E-state index in [1.807, 2.05) is 6.07 Å². The third-order valence-corrected chi connectivity index (χ3v) is 7.85. The van der Waals surface area contributed by atoms with Crippen molar-refractivity contribution >= 4 is 5.91 Å². The van der Waals surface area contributed by atoms with Gasteiger partial charge in [-0.25, -0.2) is 4.39 Å². The molecule has 2 bridgehead atoms. The van der Waals surface area contributed by atoms with Crippen molar-refractivity contribution < 1.29 is 23.4 Å². The van der Waals surface area contributed by atoms with Gasteiger partial charge < -0.3 is 19.5 Å². The maximum absolute atomic E-state index is 13.9. The molecule has 1 unspecified atom stereocenters. The Morgan fingerprint density at radius 2 is 2.14 bits per heavy atom. The Labute approximate surface area is 172 Å². The molecule has 0 aromatic heterocycles. The number of methoxy groups -OCH3 is 2. The summed E-state index contributed by atoms with van der Waals surface area (Å²) in [5.41, 5.74) is 1.02. The van der Waals surface area contributed by atoms with Gasteiger partial charge in [0.25, 0.3) is 0 Å². The highest BCUT2D eigenvalue weighted by Crippen LogP contribution is 2.70. The minimum Gasteiger partial charge on any atom is -0.494 e. The van der Waals surface area contributed by atoms with Crippen LogP contribution in [0.3, 0.4) is 0 Å². The van der Waals surface area contributed by atoms with Crippen LogP contribution in [-0.4, -0.2) is 39.4 Å². The first-order valence-electron chi connectivity index (χ1n) is 10.6. The molecular weight excluding hydrogens is 373 g/mol. The van der Waals surface area contributed by atoms with Crippen molar-refractivity contribution in [3.63, 3.8) is 0 Å². The molecule has 1 saturated heterocycles. The number of rotatable bonds is 6. The molecule has 1 aliphatic heterocycles. The monoisotopic (exact) mass is 405 g/mol. The Balaban J connectivity index is 1.64. The lowest BCUT2D eigenvalue weighted by Crippen LogP contribution is -2.59. The number of hydrogen-bond donors (Lipinski definition) is 1. The molecule has 5 atom stereocenters. The Hall–Kier alpha value is -1.66. The van der Waals surface area contributed by atoms with Gasteiger partial charge in [-0.15, -0.1) is 0 Å². The molecule has 1 spiro atoms. The molecule has 3 fully saturated rings. The lowest BCUT2D eigenvalue weighted by atomic mass is 9.59. The van der Waals surface area contributed by atoms with Gasteiger partial charge >= 0.3 is 0 Å². The second-order valence-electron chi connectivity index (χ2n) is 9.48. The van der Waals surface area contributed by atoms with Crippen molar-refractivity contribution in [3.05, 3.63) is 29.6 Å². The van der Waals surface area contributed by atoms with Crippen molar-refractivity contribution in [3.8, 4) is 5.75 Å². The third kappa shape index (κ3) is 3.25. The summed E-state index contributed by atoms with van der Waals surface area (Å²) in [5, 5.41) is 3.37. The van der Waals surface area contributed by atoms with Gasteiger partial charge in [0.2, 0.25) is 5.91 Å². The number of amides is 1. The highest BCUT2D eigenvalue weighted by Gasteiger charge is 2.68. The molecule has 5 nitrogen and oxygen atoms in total. The highest BCUT2D eigenvalue weighted by molar-refractivity contribution is 5.76. The van der Waals surface area contributed by atoms with Crippen LogP contribution >= 0.6 is 0 Å². The van der Waals surface area contributed by atoms with Crippen LogP contribution < -0.4 is 10.1 Å². The summed E-state index contributed by atoms with van der Waals surface area (Å²) in [7, 11) is 3.10. The summed E-state index contributed by atoms with van der Waals surface area (Å²) in [6.45, 7) is 5.65. The van der Waals surface area contributed by atoms with Crippen molar-refractivity contribution in [2.75, 3.05) is 27.4 Å². The second kappa shape index (κ2) is 7.55. The topological polar surface area (TPSA) is 56.8 Å². The lowest BCUT2D eigenvalue weighted by molar-refractivity contribution is -0.137. The van der Waals surface area contributed by atoms with Crippen LogP contribution in [0.4, 0.5) is 4.39 Å². The number of nitrogens with one attached hydrogen (secondary N) is 1. The number of carbonyl (C=O) groups is 1. The largest absolute Gasteiger partial charge is 0.494 e. The van der Waals surface area contributed by atoms with E-state index in [1.54, 1.807) is 13.2 Å². The molecule has 1 N–H and O–H groups in total. The third-order valence-electron chi connectivity index (χ3n) is 7.85. The van der Waals surface area contributed by atoms with Gasteiger partial charge in [-0.05, 0) is 59.6 Å². The molecule has 1 aromatic carbocycles. The fourth-order valence-electron chi connectivity index (χ4n) is 6.40. The SMILES string of the molecule is COCCC(=O)N[C@H]1C(C)(C)[C@@H]2C[C@@H]3[C@@H](c4ccc(F)c(OC)c4)OCCC31C2. The first-order chi connectivity index (χ1) is 13.8. The average Bonchev–Trinajstić information content (AvgIpc) is 3.19. The average molecular weight is 406 g/mol. The van der Waals surface area contributed by atoms with Gasteiger partial charge in [0.05, 0.1) is 19.8 Å². The van der Waals surface area contributed by atoms with Gasteiger partial charge in [0.1, 0.15) is 0 Å². The molecule has 2 aliphatic carbocycles. The van der Waals surface area contributed by atoms with E-state index in [0.717, 1.165) is 24.8 Å². The summed E-state index contributed by atoms with van der Waals surface area (Å²) in [4.78, 5) is 12.6. The Morgan fingerprint density at radius 3 is 2.86 bits per heavy atom. The predicted octanol–water partition coefficient (Wildman–Crippen LogP) is 3.87. The van der Waals surface area contributed by atoms with E-state index >= 15 is 0 Å². The number of hydrogen-bond acceptors (Lipinski definition) is 4. The summed E-state index contributed by atoms with van der Waals surface area (Å²) < 4.78 is 30.5. The van der Waals surface area contributed by atoms with Crippen LogP contribution in [0.25, 0.3) is 0 Å². The van der Waals surface area contributed by atoms with Gasteiger partial charge in [0, 0.05) is 26.2 Å². The molecule has 1 aromatic rings. The molecule has 1 amide bonds. The number of fused-ring (bicyclic) bond motifs is 1. The summed E-state index contributed by atoms with van der Waals surface area (Å²) in [5.74, 6) is 0.777. The van der Waals surface area contributed by atoms with Crippen LogP contribution in [0.1, 0.15) is 51.2 Å². The van der Waals surface area contributed by atoms with Gasteiger partial charge in [0.15, 0.2) is 11.6 Å². The summed E-state index contributed by atoms with van der Waals surface area (Å²) >= 11 is 0. The van der Waals surface area contributed by atoms with E-state index < -0.39 is 0 Å². The van der Waals surface area contributed by atoms with E-state index in [-0.39, 0.29) is 40.4 Å². The van der Waals surface area contributed by atoms with Crippen LogP contribution in [-0.2, 0) is 14.3 Å². The summed E-state index contributed by atoms with van der Waals surface area (Å²) in [6.07, 6.45) is 3.41. The van der Waals surface area contributed by atoms with E-state index in [0.29, 0.717) is 31.5 Å². The Bertz CT molecular complexity index is 782. The molecule has 2 saturated carbocycles. The van der Waals surface area contributed by atoms with Crippen LogP contribution in [0.15, 0.2) is 18.2 Å². The second-order valence-corrected chi connectivity index (χ2v) is 9.48. The molecular formula is C23H32FNO4. The molecule has 4 rings (SSSR count). The van der Waals surface area contributed by atoms with Crippen molar-refractivity contribution in [1.82, 2.24) is 5.32 Å². The summed E-state index contributed by atoms with van der Waals surface area (Å²) in [6, 6.07) is 5.14. The molecule has 1 heterocycles. The maximum Gasteiger partial charge on any atom is 0.222 e. The fraction of sp³-hybridized carbons (Fsp3) is 0.696. The first kappa shape index (κ1) is 20.6. The van der Waals surface area contributed by atoms with E-state index in [4.69, 9.17) is 14.2 Å². The van der Waals surface area contributed by atoms with Crippen LogP contribution in [0.5, 0.6) is 5.75 Å². The predicted molar refractivity (Wildman–Crippen MR) is 107 cm³/mol. The molecule has 3 aliphatic rings. The van der Waals surface area contributed by atoms with Gasteiger partial charge in [-0.2, -0.15) is 0 Å². The zero-order valence-electron chi connectivity index (χ0n) is 17.8. The number of halogens is 1. The van der Waals surface area contributed by atoms with Crippen LogP contribution in [0, 0.1) is 28.5 Å². The Morgan fingerprint density at radius 1 is 1.34 bits per heavy atom. The lowest BCUT2D eigenvalue weighted by Gasteiger charge is -2.53. The van der Waals surface area contributed by atoms with E-state index in [2.05, 4.69) is 19.2 Å². The fourth-order valence-corrected chi connectivity index (χ4v) is 6.40. The minimum atomic E-state index is -0.362. The Kier molecular flexibility index (Phi) is 5.36. The first-order valence-corrected chi connectivity index (χ1v) is 10.6. The zero-order chi connectivity index (χ0) is 20.8. The quantitative estimate of drug-likeness (QED) is 0.781. The highest BCUT2D eigenvalue weighted by atomic mass is 19.1. The van der Waals surface area contributed by atoms with E-state index in [9.17, 15) is 9.18 Å². The number of ether oxygens (including phenoxy) is 3. The molecule has 160 valence electrons. The molecule has 29 heavy (non-hydrogen) atoms. The van der Waals surface area contributed by atoms with Crippen molar-refractivity contribution in [1.29, 1.82) is 0 Å². The molecule has 0 radical (unpaired) electrons.